The number of aromatic nitrogens is 2. The third kappa shape index (κ3) is 4.93. The monoisotopic (exact) mass is 470 g/mol. The minimum Gasteiger partial charge on any atom is -0.462 e. The zero-order valence-electron chi connectivity index (χ0n) is 17.2. The molecule has 0 atom stereocenters. The van der Waals surface area contributed by atoms with Crippen LogP contribution in [0.3, 0.4) is 0 Å². The van der Waals surface area contributed by atoms with Gasteiger partial charge in [0.1, 0.15) is 5.65 Å². The van der Waals surface area contributed by atoms with Crippen LogP contribution in [0, 0.1) is 5.92 Å². The van der Waals surface area contributed by atoms with Crippen LogP contribution in [-0.4, -0.2) is 28.6 Å². The fourth-order valence-electron chi connectivity index (χ4n) is 4.13. The number of nitrogens with zero attached hydrogens (tertiary/aromatic N) is 2. The standard InChI is InChI=1S/C24H27BrN2O3/c1-2-30-24(28)20-12-23-26-22(14-27(23)13-21(20)25)19-10-8-18(9-11-19)16-29-15-17-6-4-3-5-7-17/h3-7,12-14,18-19H,2,8-11,15-16H2,1H3. The molecule has 158 valence electrons. The Morgan fingerprint density at radius 2 is 1.93 bits per heavy atom. The van der Waals surface area contributed by atoms with Crippen molar-refractivity contribution in [2.75, 3.05) is 13.2 Å². The van der Waals surface area contributed by atoms with Crippen LogP contribution in [0.5, 0.6) is 0 Å². The van der Waals surface area contributed by atoms with Crippen molar-refractivity contribution in [3.05, 3.63) is 70.1 Å². The van der Waals surface area contributed by atoms with E-state index >= 15 is 0 Å². The van der Waals surface area contributed by atoms with E-state index in [9.17, 15) is 4.79 Å². The molecule has 0 amide bonds. The van der Waals surface area contributed by atoms with Crippen LogP contribution in [0.1, 0.15) is 60.1 Å². The van der Waals surface area contributed by atoms with Crippen molar-refractivity contribution in [3.8, 4) is 0 Å². The molecule has 0 N–H and O–H groups in total. The maximum Gasteiger partial charge on any atom is 0.339 e. The Hall–Kier alpha value is -2.18. The average Bonchev–Trinajstić information content (AvgIpc) is 3.17. The summed E-state index contributed by atoms with van der Waals surface area (Å²) in [6.45, 7) is 3.67. The lowest BCUT2D eigenvalue weighted by atomic mass is 9.81. The number of carbonyl (C=O) groups excluding carboxylic acids is 1. The van der Waals surface area contributed by atoms with Gasteiger partial charge in [-0.25, -0.2) is 9.78 Å². The van der Waals surface area contributed by atoms with Crippen molar-refractivity contribution in [2.45, 2.75) is 45.1 Å². The highest BCUT2D eigenvalue weighted by Crippen LogP contribution is 2.36. The van der Waals surface area contributed by atoms with Crippen molar-refractivity contribution >= 4 is 27.5 Å². The summed E-state index contributed by atoms with van der Waals surface area (Å²) in [6.07, 6.45) is 8.54. The first kappa shape index (κ1) is 21.1. The summed E-state index contributed by atoms with van der Waals surface area (Å²) < 4.78 is 13.8. The Kier molecular flexibility index (Phi) is 6.85. The molecule has 4 rings (SSSR count). The molecule has 1 aliphatic carbocycles. The summed E-state index contributed by atoms with van der Waals surface area (Å²) in [7, 11) is 0. The van der Waals surface area contributed by atoms with Crippen LogP contribution >= 0.6 is 15.9 Å². The van der Waals surface area contributed by atoms with E-state index in [1.54, 1.807) is 13.0 Å². The van der Waals surface area contributed by atoms with Crippen molar-refractivity contribution in [3.63, 3.8) is 0 Å². The number of imidazole rings is 1. The van der Waals surface area contributed by atoms with Gasteiger partial charge >= 0.3 is 5.97 Å². The Morgan fingerprint density at radius 3 is 2.67 bits per heavy atom. The first-order chi connectivity index (χ1) is 14.6. The minimum absolute atomic E-state index is 0.326. The van der Waals surface area contributed by atoms with Gasteiger partial charge < -0.3 is 13.9 Å². The van der Waals surface area contributed by atoms with Crippen molar-refractivity contribution in [2.24, 2.45) is 5.92 Å². The van der Waals surface area contributed by atoms with E-state index in [2.05, 4.69) is 34.3 Å². The number of carbonyl (C=O) groups is 1. The van der Waals surface area contributed by atoms with Gasteiger partial charge in [0, 0.05) is 29.4 Å². The fourth-order valence-corrected chi connectivity index (χ4v) is 4.63. The lowest BCUT2D eigenvalue weighted by molar-refractivity contribution is 0.0525. The topological polar surface area (TPSA) is 52.8 Å². The first-order valence-corrected chi connectivity index (χ1v) is 11.4. The van der Waals surface area contributed by atoms with Gasteiger partial charge in [-0.2, -0.15) is 0 Å². The van der Waals surface area contributed by atoms with Crippen LogP contribution < -0.4 is 0 Å². The molecule has 5 nitrogen and oxygen atoms in total. The molecule has 30 heavy (non-hydrogen) atoms. The third-order valence-electron chi connectivity index (χ3n) is 5.79. The molecule has 1 saturated carbocycles. The predicted octanol–water partition coefficient (Wildman–Crippen LogP) is 5.76. The predicted molar refractivity (Wildman–Crippen MR) is 120 cm³/mol. The Balaban J connectivity index is 1.34. The van der Waals surface area contributed by atoms with Gasteiger partial charge in [0.25, 0.3) is 0 Å². The van der Waals surface area contributed by atoms with Gasteiger partial charge in [-0.15, -0.1) is 0 Å². The number of hydrogen-bond acceptors (Lipinski definition) is 4. The number of pyridine rings is 1. The van der Waals surface area contributed by atoms with Crippen LogP contribution in [-0.2, 0) is 16.1 Å². The summed E-state index contributed by atoms with van der Waals surface area (Å²) in [5.41, 5.74) is 3.63. The highest BCUT2D eigenvalue weighted by Gasteiger charge is 2.25. The largest absolute Gasteiger partial charge is 0.462 e. The molecular weight excluding hydrogens is 444 g/mol. The highest BCUT2D eigenvalue weighted by atomic mass is 79.9. The second-order valence-electron chi connectivity index (χ2n) is 7.91. The number of hydrogen-bond donors (Lipinski definition) is 0. The molecule has 0 bridgehead atoms. The molecule has 2 heterocycles. The van der Waals surface area contributed by atoms with Gasteiger partial charge in [0.2, 0.25) is 0 Å². The average molecular weight is 471 g/mol. The number of rotatable bonds is 7. The van der Waals surface area contributed by atoms with E-state index in [-0.39, 0.29) is 5.97 Å². The highest BCUT2D eigenvalue weighted by molar-refractivity contribution is 9.10. The molecule has 6 heteroatoms. The van der Waals surface area contributed by atoms with E-state index in [1.807, 2.05) is 28.8 Å². The van der Waals surface area contributed by atoms with Gasteiger partial charge in [-0.3, -0.25) is 0 Å². The number of fused-ring (bicyclic) bond motifs is 1. The number of halogens is 1. The number of esters is 1. The summed E-state index contributed by atoms with van der Waals surface area (Å²) in [6, 6.07) is 12.1. The first-order valence-electron chi connectivity index (χ1n) is 10.6. The molecule has 1 aromatic carbocycles. The maximum atomic E-state index is 12.1. The SMILES string of the molecule is CCOC(=O)c1cc2nc(C3CCC(COCc4ccccc4)CC3)cn2cc1Br. The van der Waals surface area contributed by atoms with Gasteiger partial charge in [0.05, 0.1) is 24.5 Å². The number of benzene rings is 1. The maximum absolute atomic E-state index is 12.1. The molecule has 2 aromatic heterocycles. The lowest BCUT2D eigenvalue weighted by Crippen LogP contribution is -2.18. The van der Waals surface area contributed by atoms with Gasteiger partial charge in [0.15, 0.2) is 0 Å². The molecule has 0 spiro atoms. The Bertz CT molecular complexity index is 994. The molecular formula is C24H27BrN2O3. The Labute approximate surface area is 185 Å². The zero-order valence-corrected chi connectivity index (χ0v) is 18.8. The Morgan fingerprint density at radius 1 is 1.17 bits per heavy atom. The normalized spacial score (nSPS) is 19.1. The lowest BCUT2D eigenvalue weighted by Gasteiger charge is -2.27. The molecule has 3 aromatic rings. The van der Waals surface area contributed by atoms with E-state index in [0.29, 0.717) is 30.6 Å². The zero-order chi connectivity index (χ0) is 20.9. The van der Waals surface area contributed by atoms with Crippen molar-refractivity contribution in [1.82, 2.24) is 9.38 Å². The van der Waals surface area contributed by atoms with Crippen molar-refractivity contribution < 1.29 is 14.3 Å². The summed E-state index contributed by atoms with van der Waals surface area (Å²) >= 11 is 3.48. The molecule has 0 aliphatic heterocycles. The second kappa shape index (κ2) is 9.75. The molecule has 0 radical (unpaired) electrons. The minimum atomic E-state index is -0.326. The van der Waals surface area contributed by atoms with E-state index in [1.165, 1.54) is 5.56 Å². The van der Waals surface area contributed by atoms with Crippen LogP contribution in [0.25, 0.3) is 5.65 Å². The van der Waals surface area contributed by atoms with E-state index < -0.39 is 0 Å². The molecule has 0 saturated heterocycles. The third-order valence-corrected chi connectivity index (χ3v) is 6.42. The van der Waals surface area contributed by atoms with Gasteiger partial charge in [-0.05, 0) is 66.1 Å². The van der Waals surface area contributed by atoms with E-state index in [0.717, 1.165) is 48.1 Å². The molecule has 0 unspecified atom stereocenters. The quantitative estimate of drug-likeness (QED) is 0.411. The fraction of sp³-hybridized carbons (Fsp3) is 0.417. The number of ether oxygens (including phenoxy) is 2. The molecule has 1 aliphatic rings. The van der Waals surface area contributed by atoms with Gasteiger partial charge in [-0.1, -0.05) is 30.3 Å². The summed E-state index contributed by atoms with van der Waals surface area (Å²) in [4.78, 5) is 16.9. The van der Waals surface area contributed by atoms with Crippen LogP contribution in [0.4, 0.5) is 0 Å². The second-order valence-corrected chi connectivity index (χ2v) is 8.76. The van der Waals surface area contributed by atoms with Crippen LogP contribution in [0.15, 0.2) is 53.3 Å². The van der Waals surface area contributed by atoms with Crippen LogP contribution in [0.2, 0.25) is 0 Å². The smallest absolute Gasteiger partial charge is 0.339 e. The summed E-state index contributed by atoms with van der Waals surface area (Å²) in [5.74, 6) is 0.749. The summed E-state index contributed by atoms with van der Waals surface area (Å²) in [5, 5.41) is 0. The van der Waals surface area contributed by atoms with E-state index in [4.69, 9.17) is 14.5 Å². The van der Waals surface area contributed by atoms with Crippen molar-refractivity contribution in [1.29, 1.82) is 0 Å². The molecule has 1 fully saturated rings.